The van der Waals surface area contributed by atoms with Gasteiger partial charge in [-0.1, -0.05) is 65.4 Å². The molecule has 4 heteroatoms. The van der Waals surface area contributed by atoms with Gasteiger partial charge in [0.05, 0.1) is 16.6 Å². The van der Waals surface area contributed by atoms with Gasteiger partial charge in [0, 0.05) is 16.5 Å². The standard InChI is InChI=1S/C19H14ClNOS/c20-14-8-9-15(16(10-14)12-4-2-1-3-5-12)19(23)17-11-21-22-18(17)13-6-7-13/h1-5,8-11,13H,6-7H2. The van der Waals surface area contributed by atoms with Crippen molar-refractivity contribution in [2.24, 2.45) is 0 Å². The first-order valence-electron chi connectivity index (χ1n) is 7.58. The van der Waals surface area contributed by atoms with Crippen LogP contribution in [0.25, 0.3) is 11.1 Å². The van der Waals surface area contributed by atoms with Crippen molar-refractivity contribution in [3.8, 4) is 11.1 Å². The topological polar surface area (TPSA) is 26.0 Å². The number of thiocarbonyl (C=S) groups is 1. The smallest absolute Gasteiger partial charge is 0.148 e. The predicted octanol–water partition coefficient (Wildman–Crippen LogP) is 5.64. The SMILES string of the molecule is S=C(c1ccc(Cl)cc1-c1ccccc1)c1cnoc1C1CC1. The third-order valence-corrected chi connectivity index (χ3v) is 4.78. The molecule has 4 rings (SSSR count). The van der Waals surface area contributed by atoms with E-state index in [9.17, 15) is 0 Å². The predicted molar refractivity (Wildman–Crippen MR) is 96.2 cm³/mol. The van der Waals surface area contributed by atoms with E-state index in [4.69, 9.17) is 28.3 Å². The molecule has 1 fully saturated rings. The van der Waals surface area contributed by atoms with E-state index in [0.717, 1.165) is 45.7 Å². The molecule has 0 saturated heterocycles. The summed E-state index contributed by atoms with van der Waals surface area (Å²) in [5, 5.41) is 4.66. The number of halogens is 1. The molecule has 0 bridgehead atoms. The van der Waals surface area contributed by atoms with Gasteiger partial charge in [-0.15, -0.1) is 0 Å². The van der Waals surface area contributed by atoms with Gasteiger partial charge in [0.2, 0.25) is 0 Å². The third kappa shape index (κ3) is 2.82. The Bertz CT molecular complexity index is 868. The minimum absolute atomic E-state index is 0.470. The van der Waals surface area contributed by atoms with E-state index < -0.39 is 0 Å². The monoisotopic (exact) mass is 339 g/mol. The van der Waals surface area contributed by atoms with Gasteiger partial charge in [0.15, 0.2) is 0 Å². The molecule has 0 N–H and O–H groups in total. The summed E-state index contributed by atoms with van der Waals surface area (Å²) in [6, 6.07) is 16.0. The lowest BCUT2D eigenvalue weighted by Crippen LogP contribution is -2.03. The van der Waals surface area contributed by atoms with Crippen molar-refractivity contribution in [2.45, 2.75) is 18.8 Å². The van der Waals surface area contributed by atoms with E-state index in [1.807, 2.05) is 36.4 Å². The van der Waals surface area contributed by atoms with Crippen molar-refractivity contribution in [2.75, 3.05) is 0 Å². The van der Waals surface area contributed by atoms with Crippen LogP contribution in [0.3, 0.4) is 0 Å². The highest BCUT2D eigenvalue weighted by Gasteiger charge is 2.31. The van der Waals surface area contributed by atoms with E-state index in [0.29, 0.717) is 10.9 Å². The molecule has 1 aliphatic carbocycles. The average Bonchev–Trinajstić information content (AvgIpc) is 3.32. The Morgan fingerprint density at radius 2 is 1.87 bits per heavy atom. The molecular formula is C19H14ClNOS. The molecule has 0 aliphatic heterocycles. The summed E-state index contributed by atoms with van der Waals surface area (Å²) in [4.78, 5) is 0.767. The van der Waals surface area contributed by atoms with Gasteiger partial charge in [-0.05, 0) is 36.1 Å². The highest BCUT2D eigenvalue weighted by molar-refractivity contribution is 7.81. The molecule has 0 spiro atoms. The van der Waals surface area contributed by atoms with Gasteiger partial charge >= 0.3 is 0 Å². The van der Waals surface area contributed by atoms with Gasteiger partial charge < -0.3 is 4.52 Å². The average molecular weight is 340 g/mol. The number of nitrogens with zero attached hydrogens (tertiary/aromatic N) is 1. The fourth-order valence-corrected chi connectivity index (χ4v) is 3.28. The molecule has 0 atom stereocenters. The van der Waals surface area contributed by atoms with Gasteiger partial charge in [-0.25, -0.2) is 0 Å². The fraction of sp³-hybridized carbons (Fsp3) is 0.158. The molecule has 2 aromatic carbocycles. The third-order valence-electron chi connectivity index (χ3n) is 4.10. The van der Waals surface area contributed by atoms with Crippen molar-refractivity contribution in [1.82, 2.24) is 5.16 Å². The molecule has 0 unspecified atom stereocenters. The van der Waals surface area contributed by atoms with Crippen LogP contribution in [0.2, 0.25) is 5.02 Å². The summed E-state index contributed by atoms with van der Waals surface area (Å²) >= 11 is 12.0. The minimum atomic E-state index is 0.470. The lowest BCUT2D eigenvalue weighted by molar-refractivity contribution is 0.384. The van der Waals surface area contributed by atoms with Crippen LogP contribution in [0.1, 0.15) is 35.6 Å². The second-order valence-electron chi connectivity index (χ2n) is 5.76. The Balaban J connectivity index is 1.82. The molecule has 1 aromatic heterocycles. The quantitative estimate of drug-likeness (QED) is 0.454. The first-order chi connectivity index (χ1) is 11.2. The van der Waals surface area contributed by atoms with Crippen LogP contribution in [-0.2, 0) is 0 Å². The molecule has 2 nitrogen and oxygen atoms in total. The maximum Gasteiger partial charge on any atom is 0.148 e. The number of hydrogen-bond donors (Lipinski definition) is 0. The van der Waals surface area contributed by atoms with Crippen molar-refractivity contribution < 1.29 is 4.52 Å². The number of aromatic nitrogens is 1. The second kappa shape index (κ2) is 5.91. The minimum Gasteiger partial charge on any atom is -0.360 e. The van der Waals surface area contributed by atoms with Crippen LogP contribution in [0, 0.1) is 0 Å². The van der Waals surface area contributed by atoms with Crippen LogP contribution in [0.15, 0.2) is 59.3 Å². The normalized spacial score (nSPS) is 14.0. The lowest BCUT2D eigenvalue weighted by atomic mass is 9.94. The molecule has 1 saturated carbocycles. The Morgan fingerprint density at radius 3 is 2.61 bits per heavy atom. The number of rotatable bonds is 4. The van der Waals surface area contributed by atoms with Crippen molar-refractivity contribution in [3.05, 3.63) is 76.6 Å². The first-order valence-corrected chi connectivity index (χ1v) is 8.37. The molecule has 1 heterocycles. The summed E-state index contributed by atoms with van der Waals surface area (Å²) in [6.07, 6.45) is 4.04. The van der Waals surface area contributed by atoms with E-state index in [-0.39, 0.29) is 0 Å². The number of benzene rings is 2. The fourth-order valence-electron chi connectivity index (χ4n) is 2.78. The van der Waals surface area contributed by atoms with E-state index >= 15 is 0 Å². The molecule has 3 aromatic rings. The second-order valence-corrected chi connectivity index (χ2v) is 6.61. The van der Waals surface area contributed by atoms with Gasteiger partial charge in [0.25, 0.3) is 0 Å². The highest BCUT2D eigenvalue weighted by atomic mass is 35.5. The van der Waals surface area contributed by atoms with Crippen molar-refractivity contribution >= 4 is 28.7 Å². The summed E-state index contributed by atoms with van der Waals surface area (Å²) in [5.41, 5.74) is 4.05. The molecular weight excluding hydrogens is 326 g/mol. The zero-order valence-corrected chi connectivity index (χ0v) is 13.9. The van der Waals surface area contributed by atoms with Crippen molar-refractivity contribution in [1.29, 1.82) is 0 Å². The molecule has 0 radical (unpaired) electrons. The van der Waals surface area contributed by atoms with Crippen LogP contribution in [0.5, 0.6) is 0 Å². The Labute approximate surface area is 145 Å². The van der Waals surface area contributed by atoms with E-state index in [2.05, 4.69) is 17.3 Å². The van der Waals surface area contributed by atoms with Crippen LogP contribution < -0.4 is 0 Å². The van der Waals surface area contributed by atoms with Gasteiger partial charge in [0.1, 0.15) is 5.76 Å². The van der Waals surface area contributed by atoms with Crippen molar-refractivity contribution in [3.63, 3.8) is 0 Å². The maximum atomic E-state index is 6.21. The Kier molecular flexibility index (Phi) is 3.76. The van der Waals surface area contributed by atoms with Crippen LogP contribution in [-0.4, -0.2) is 10.0 Å². The zero-order valence-electron chi connectivity index (χ0n) is 12.3. The van der Waals surface area contributed by atoms with E-state index in [1.165, 1.54) is 0 Å². The van der Waals surface area contributed by atoms with Crippen LogP contribution in [0.4, 0.5) is 0 Å². The largest absolute Gasteiger partial charge is 0.360 e. The molecule has 0 amide bonds. The molecule has 1 aliphatic rings. The highest BCUT2D eigenvalue weighted by Crippen LogP contribution is 2.42. The summed E-state index contributed by atoms with van der Waals surface area (Å²) in [5.74, 6) is 1.39. The van der Waals surface area contributed by atoms with Gasteiger partial charge in [-0.2, -0.15) is 0 Å². The maximum absolute atomic E-state index is 6.21. The Hall–Kier alpha value is -1.97. The molecule has 23 heavy (non-hydrogen) atoms. The number of hydrogen-bond acceptors (Lipinski definition) is 3. The summed E-state index contributed by atoms with van der Waals surface area (Å²) in [7, 11) is 0. The van der Waals surface area contributed by atoms with Gasteiger partial charge in [-0.3, -0.25) is 0 Å². The summed E-state index contributed by atoms with van der Waals surface area (Å²) in [6.45, 7) is 0. The molecule has 114 valence electrons. The van der Waals surface area contributed by atoms with Crippen LogP contribution >= 0.6 is 23.8 Å². The lowest BCUT2D eigenvalue weighted by Gasteiger charge is -2.11. The Morgan fingerprint density at radius 1 is 1.09 bits per heavy atom. The first kappa shape index (κ1) is 14.6. The zero-order chi connectivity index (χ0) is 15.8. The van der Waals surface area contributed by atoms with E-state index in [1.54, 1.807) is 6.20 Å². The summed E-state index contributed by atoms with van der Waals surface area (Å²) < 4.78 is 5.44.